The minimum atomic E-state index is -1.01. The third-order valence-corrected chi connectivity index (χ3v) is 2.18. The first kappa shape index (κ1) is 10.2. The van der Waals surface area contributed by atoms with Gasteiger partial charge in [-0.3, -0.25) is 0 Å². The molecule has 1 aromatic carbocycles. The van der Waals surface area contributed by atoms with Crippen molar-refractivity contribution in [3.8, 4) is 11.4 Å². The lowest BCUT2D eigenvalue weighted by Gasteiger charge is -2.05. The SMILES string of the molecule is COc1ccc(-n2nccc2C(=O)O)cc1. The number of carbonyl (C=O) groups is 1. The van der Waals surface area contributed by atoms with Crippen LogP contribution in [0.1, 0.15) is 10.5 Å². The Morgan fingerprint density at radius 1 is 1.31 bits per heavy atom. The fourth-order valence-electron chi connectivity index (χ4n) is 1.39. The van der Waals surface area contributed by atoms with Crippen molar-refractivity contribution in [1.82, 2.24) is 9.78 Å². The number of carboxylic acids is 1. The molecule has 2 aromatic rings. The van der Waals surface area contributed by atoms with Gasteiger partial charge in [-0.25, -0.2) is 9.48 Å². The van der Waals surface area contributed by atoms with Crippen molar-refractivity contribution in [3.63, 3.8) is 0 Å². The van der Waals surface area contributed by atoms with Crippen molar-refractivity contribution >= 4 is 5.97 Å². The first-order valence-corrected chi connectivity index (χ1v) is 4.64. The number of rotatable bonds is 3. The van der Waals surface area contributed by atoms with Gasteiger partial charge in [0.15, 0.2) is 5.69 Å². The molecule has 5 heteroatoms. The molecule has 1 aromatic heterocycles. The molecule has 0 aliphatic rings. The highest BCUT2D eigenvalue weighted by Crippen LogP contribution is 2.15. The minimum Gasteiger partial charge on any atom is -0.497 e. The van der Waals surface area contributed by atoms with Crippen LogP contribution in [0.15, 0.2) is 36.5 Å². The van der Waals surface area contributed by atoms with Gasteiger partial charge in [-0.05, 0) is 30.3 Å². The van der Waals surface area contributed by atoms with Crippen LogP contribution in [0.4, 0.5) is 0 Å². The van der Waals surface area contributed by atoms with Gasteiger partial charge >= 0.3 is 5.97 Å². The van der Waals surface area contributed by atoms with E-state index in [1.807, 2.05) is 0 Å². The van der Waals surface area contributed by atoms with E-state index in [0.29, 0.717) is 11.4 Å². The van der Waals surface area contributed by atoms with Crippen LogP contribution in [-0.2, 0) is 0 Å². The van der Waals surface area contributed by atoms with Gasteiger partial charge in [0.25, 0.3) is 0 Å². The lowest BCUT2D eigenvalue weighted by atomic mass is 10.3. The van der Waals surface area contributed by atoms with Crippen LogP contribution in [-0.4, -0.2) is 28.0 Å². The topological polar surface area (TPSA) is 64.4 Å². The Morgan fingerprint density at radius 2 is 2.00 bits per heavy atom. The standard InChI is InChI=1S/C11H10N2O3/c1-16-9-4-2-8(3-5-9)13-10(11(14)15)6-7-12-13/h2-7H,1H3,(H,14,15). The van der Waals surface area contributed by atoms with Crippen molar-refractivity contribution in [2.75, 3.05) is 7.11 Å². The maximum Gasteiger partial charge on any atom is 0.354 e. The third kappa shape index (κ3) is 1.75. The highest BCUT2D eigenvalue weighted by atomic mass is 16.5. The summed E-state index contributed by atoms with van der Waals surface area (Å²) in [5.41, 5.74) is 0.813. The maximum atomic E-state index is 10.9. The normalized spacial score (nSPS) is 10.1. The number of hydrogen-bond acceptors (Lipinski definition) is 3. The summed E-state index contributed by atoms with van der Waals surface area (Å²) in [7, 11) is 1.57. The molecule has 0 unspecified atom stereocenters. The summed E-state index contributed by atoms with van der Waals surface area (Å²) < 4.78 is 6.38. The van der Waals surface area contributed by atoms with Gasteiger partial charge in [0.2, 0.25) is 0 Å². The molecule has 0 atom stereocenters. The molecular formula is C11H10N2O3. The molecule has 0 radical (unpaired) electrons. The first-order valence-electron chi connectivity index (χ1n) is 4.64. The highest BCUT2D eigenvalue weighted by molar-refractivity contribution is 5.86. The summed E-state index contributed by atoms with van der Waals surface area (Å²) in [5, 5.41) is 12.9. The fourth-order valence-corrected chi connectivity index (χ4v) is 1.39. The maximum absolute atomic E-state index is 10.9. The van der Waals surface area contributed by atoms with Gasteiger partial charge in [0.05, 0.1) is 19.0 Å². The highest BCUT2D eigenvalue weighted by Gasteiger charge is 2.11. The van der Waals surface area contributed by atoms with Crippen LogP contribution < -0.4 is 4.74 Å². The second kappa shape index (κ2) is 4.06. The Kier molecular flexibility index (Phi) is 2.59. The molecule has 16 heavy (non-hydrogen) atoms. The second-order valence-corrected chi connectivity index (χ2v) is 3.13. The van der Waals surface area contributed by atoms with Gasteiger partial charge in [-0.2, -0.15) is 5.10 Å². The first-order chi connectivity index (χ1) is 7.72. The Balaban J connectivity index is 2.42. The summed E-state index contributed by atoms with van der Waals surface area (Å²) in [5.74, 6) is -0.291. The van der Waals surface area contributed by atoms with E-state index in [0.717, 1.165) is 0 Å². The molecule has 2 rings (SSSR count). The van der Waals surface area contributed by atoms with Crippen molar-refractivity contribution < 1.29 is 14.6 Å². The van der Waals surface area contributed by atoms with Crippen LogP contribution in [0.25, 0.3) is 5.69 Å². The predicted octanol–water partition coefficient (Wildman–Crippen LogP) is 1.58. The number of ether oxygens (including phenoxy) is 1. The number of carboxylic acid groups (broad SMARTS) is 1. The predicted molar refractivity (Wildman–Crippen MR) is 57.1 cm³/mol. The van der Waals surface area contributed by atoms with Crippen molar-refractivity contribution in [2.45, 2.75) is 0 Å². The third-order valence-electron chi connectivity index (χ3n) is 2.18. The molecule has 0 bridgehead atoms. The average molecular weight is 218 g/mol. The molecule has 0 aliphatic carbocycles. The van der Waals surface area contributed by atoms with E-state index < -0.39 is 5.97 Å². The number of aromatic nitrogens is 2. The molecule has 0 saturated heterocycles. The monoisotopic (exact) mass is 218 g/mol. The average Bonchev–Trinajstić information content (AvgIpc) is 2.78. The van der Waals surface area contributed by atoms with E-state index in [4.69, 9.17) is 9.84 Å². The van der Waals surface area contributed by atoms with E-state index in [9.17, 15) is 4.79 Å². The zero-order valence-electron chi connectivity index (χ0n) is 8.62. The number of methoxy groups -OCH3 is 1. The molecule has 0 spiro atoms. The molecule has 82 valence electrons. The van der Waals surface area contributed by atoms with Crippen LogP contribution >= 0.6 is 0 Å². The van der Waals surface area contributed by atoms with E-state index in [1.54, 1.807) is 31.4 Å². The molecule has 0 saturated carbocycles. The van der Waals surface area contributed by atoms with E-state index in [2.05, 4.69) is 5.10 Å². The quantitative estimate of drug-likeness (QED) is 0.849. The molecule has 5 nitrogen and oxygen atoms in total. The Morgan fingerprint density at radius 3 is 2.56 bits per heavy atom. The largest absolute Gasteiger partial charge is 0.497 e. The second-order valence-electron chi connectivity index (χ2n) is 3.13. The summed E-state index contributed by atoms with van der Waals surface area (Å²) in [4.78, 5) is 10.9. The van der Waals surface area contributed by atoms with Crippen LogP contribution in [0, 0.1) is 0 Å². The lowest BCUT2D eigenvalue weighted by molar-refractivity contribution is 0.0687. The molecule has 0 aliphatic heterocycles. The van der Waals surface area contributed by atoms with Crippen LogP contribution in [0.3, 0.4) is 0 Å². The van der Waals surface area contributed by atoms with Gasteiger partial charge < -0.3 is 9.84 Å². The van der Waals surface area contributed by atoms with Crippen molar-refractivity contribution in [1.29, 1.82) is 0 Å². The van der Waals surface area contributed by atoms with Gasteiger partial charge in [-0.15, -0.1) is 0 Å². The summed E-state index contributed by atoms with van der Waals surface area (Å²) in [6, 6.07) is 8.45. The number of aromatic carboxylic acids is 1. The Hall–Kier alpha value is -2.30. The van der Waals surface area contributed by atoms with E-state index in [1.165, 1.54) is 16.9 Å². The minimum absolute atomic E-state index is 0.130. The molecule has 1 heterocycles. The van der Waals surface area contributed by atoms with Gasteiger partial charge in [-0.1, -0.05) is 0 Å². The summed E-state index contributed by atoms with van der Waals surface area (Å²) in [6.45, 7) is 0. The Labute approximate surface area is 91.9 Å². The van der Waals surface area contributed by atoms with E-state index in [-0.39, 0.29) is 5.69 Å². The fraction of sp³-hybridized carbons (Fsp3) is 0.0909. The number of hydrogen-bond donors (Lipinski definition) is 1. The Bertz CT molecular complexity index is 502. The molecule has 0 fully saturated rings. The van der Waals surface area contributed by atoms with Crippen molar-refractivity contribution in [2.24, 2.45) is 0 Å². The summed E-state index contributed by atoms with van der Waals surface area (Å²) >= 11 is 0. The van der Waals surface area contributed by atoms with Crippen LogP contribution in [0.5, 0.6) is 5.75 Å². The number of nitrogens with zero attached hydrogens (tertiary/aromatic N) is 2. The molecule has 1 N–H and O–H groups in total. The van der Waals surface area contributed by atoms with Crippen LogP contribution in [0.2, 0.25) is 0 Å². The lowest BCUT2D eigenvalue weighted by Crippen LogP contribution is -2.07. The van der Waals surface area contributed by atoms with Crippen molar-refractivity contribution in [3.05, 3.63) is 42.2 Å². The summed E-state index contributed by atoms with van der Waals surface area (Å²) in [6.07, 6.45) is 1.45. The zero-order valence-corrected chi connectivity index (χ0v) is 8.62. The van der Waals surface area contributed by atoms with Gasteiger partial charge in [0.1, 0.15) is 5.75 Å². The smallest absolute Gasteiger partial charge is 0.354 e. The van der Waals surface area contributed by atoms with Gasteiger partial charge in [0, 0.05) is 0 Å². The molecular weight excluding hydrogens is 208 g/mol. The van der Waals surface area contributed by atoms with E-state index >= 15 is 0 Å². The number of benzene rings is 1. The molecule has 0 amide bonds. The zero-order chi connectivity index (χ0) is 11.5.